The maximum atomic E-state index is 13.3. The molecule has 0 saturated carbocycles. The second kappa shape index (κ2) is 6.23. The fourth-order valence-electron chi connectivity index (χ4n) is 1.77. The smallest absolute Gasteiger partial charge is 0.142 e. The first-order valence-corrected chi connectivity index (χ1v) is 7.09. The van der Waals surface area contributed by atoms with Gasteiger partial charge in [0.1, 0.15) is 5.82 Å². The molecule has 1 N–H and O–H groups in total. The Labute approximate surface area is 129 Å². The molecule has 0 bridgehead atoms. The molecule has 0 amide bonds. The van der Waals surface area contributed by atoms with Gasteiger partial charge in [-0.25, -0.2) is 4.39 Å². The van der Waals surface area contributed by atoms with Gasteiger partial charge < -0.3 is 5.11 Å². The minimum absolute atomic E-state index is 0.0683. The molecule has 0 saturated heterocycles. The maximum absolute atomic E-state index is 13.3. The monoisotopic (exact) mass is 362 g/mol. The summed E-state index contributed by atoms with van der Waals surface area (Å²) in [4.78, 5) is 0. The molecule has 1 unspecified atom stereocenters. The lowest BCUT2D eigenvalue weighted by Gasteiger charge is -2.13. The lowest BCUT2D eigenvalue weighted by Crippen LogP contribution is -2.03. The molecule has 0 aliphatic rings. The first-order valence-electron chi connectivity index (χ1n) is 5.54. The Balaban J connectivity index is 2.22. The summed E-state index contributed by atoms with van der Waals surface area (Å²) in [5, 5.41) is 10.7. The van der Waals surface area contributed by atoms with Crippen LogP contribution in [0.1, 0.15) is 17.2 Å². The highest BCUT2D eigenvalue weighted by Crippen LogP contribution is 2.29. The van der Waals surface area contributed by atoms with Crippen LogP contribution in [0.3, 0.4) is 0 Å². The second-order valence-electron chi connectivity index (χ2n) is 4.13. The Morgan fingerprint density at radius 2 is 1.79 bits per heavy atom. The lowest BCUT2D eigenvalue weighted by molar-refractivity contribution is 0.178. The molecule has 19 heavy (non-hydrogen) atoms. The average Bonchev–Trinajstić information content (AvgIpc) is 2.36. The summed E-state index contributed by atoms with van der Waals surface area (Å²) in [6.07, 6.45) is -0.532. The van der Waals surface area contributed by atoms with Gasteiger partial charge in [0, 0.05) is 21.5 Å². The zero-order chi connectivity index (χ0) is 14.0. The van der Waals surface area contributed by atoms with E-state index in [1.165, 1.54) is 12.1 Å². The quantitative estimate of drug-likeness (QED) is 0.797. The van der Waals surface area contributed by atoms with Crippen LogP contribution in [-0.2, 0) is 6.42 Å². The molecule has 0 radical (unpaired) electrons. The van der Waals surface area contributed by atoms with Crippen LogP contribution in [0.4, 0.5) is 4.39 Å². The molecule has 5 heteroatoms. The van der Waals surface area contributed by atoms with E-state index in [-0.39, 0.29) is 11.4 Å². The van der Waals surface area contributed by atoms with Gasteiger partial charge in [0.2, 0.25) is 0 Å². The first-order chi connectivity index (χ1) is 8.97. The number of rotatable bonds is 3. The fourth-order valence-corrected chi connectivity index (χ4v) is 2.51. The molecule has 1 atom stereocenters. The molecule has 2 aromatic carbocycles. The van der Waals surface area contributed by atoms with E-state index in [2.05, 4.69) is 15.9 Å². The molecule has 0 heterocycles. The third-order valence-corrected chi connectivity index (χ3v) is 3.87. The normalized spacial score (nSPS) is 12.5. The third kappa shape index (κ3) is 3.69. The second-order valence-corrected chi connectivity index (χ2v) is 5.86. The van der Waals surface area contributed by atoms with Crippen LogP contribution < -0.4 is 0 Å². The van der Waals surface area contributed by atoms with Crippen LogP contribution in [0.5, 0.6) is 0 Å². The summed E-state index contributed by atoms with van der Waals surface area (Å²) in [5.41, 5.74) is 1.26. The molecule has 0 fully saturated rings. The van der Waals surface area contributed by atoms with Gasteiger partial charge in [-0.05, 0) is 35.9 Å². The Morgan fingerprint density at radius 1 is 1.11 bits per heavy atom. The molecule has 0 aromatic heterocycles. The van der Waals surface area contributed by atoms with Gasteiger partial charge >= 0.3 is 0 Å². The SMILES string of the molecule is OC(Cc1ccc(Cl)c(F)c1)c1cc(Br)ccc1Cl. The van der Waals surface area contributed by atoms with Crippen LogP contribution in [0.25, 0.3) is 0 Å². The van der Waals surface area contributed by atoms with E-state index in [0.717, 1.165) is 4.47 Å². The molecule has 1 nitrogen and oxygen atoms in total. The molecular formula is C14H10BrCl2FO. The summed E-state index contributed by atoms with van der Waals surface area (Å²) in [6.45, 7) is 0. The summed E-state index contributed by atoms with van der Waals surface area (Å²) < 4.78 is 14.2. The highest BCUT2D eigenvalue weighted by atomic mass is 79.9. The standard InChI is InChI=1S/C14H10BrCl2FO/c15-9-2-4-11(16)10(7-9)14(19)6-8-1-3-12(17)13(18)5-8/h1-5,7,14,19H,6H2. The molecular weight excluding hydrogens is 354 g/mol. The van der Waals surface area contributed by atoms with Gasteiger partial charge in [-0.2, -0.15) is 0 Å². The van der Waals surface area contributed by atoms with Crippen LogP contribution in [0.2, 0.25) is 10.0 Å². The van der Waals surface area contributed by atoms with E-state index < -0.39 is 11.9 Å². The van der Waals surface area contributed by atoms with Crippen molar-refractivity contribution in [2.75, 3.05) is 0 Å². The van der Waals surface area contributed by atoms with Crippen molar-refractivity contribution in [1.29, 1.82) is 0 Å². The van der Waals surface area contributed by atoms with Gasteiger partial charge in [0.15, 0.2) is 0 Å². The Hall–Kier alpha value is -0.610. The lowest BCUT2D eigenvalue weighted by atomic mass is 10.0. The van der Waals surface area contributed by atoms with Gasteiger partial charge in [0.25, 0.3) is 0 Å². The van der Waals surface area contributed by atoms with Gasteiger partial charge in [-0.1, -0.05) is 45.2 Å². The van der Waals surface area contributed by atoms with Crippen LogP contribution in [0.15, 0.2) is 40.9 Å². The van der Waals surface area contributed by atoms with Crippen molar-refractivity contribution in [2.24, 2.45) is 0 Å². The van der Waals surface area contributed by atoms with E-state index in [1.54, 1.807) is 24.3 Å². The van der Waals surface area contributed by atoms with Crippen LogP contribution in [-0.4, -0.2) is 5.11 Å². The molecule has 2 aromatic rings. The topological polar surface area (TPSA) is 20.2 Å². The van der Waals surface area contributed by atoms with Crippen molar-refractivity contribution >= 4 is 39.1 Å². The average molecular weight is 364 g/mol. The largest absolute Gasteiger partial charge is 0.388 e. The van der Waals surface area contributed by atoms with Crippen molar-refractivity contribution < 1.29 is 9.50 Å². The summed E-state index contributed by atoms with van der Waals surface area (Å²) in [6, 6.07) is 9.71. The minimum Gasteiger partial charge on any atom is -0.388 e. The van der Waals surface area contributed by atoms with Crippen molar-refractivity contribution in [3.63, 3.8) is 0 Å². The summed E-state index contributed by atoms with van der Waals surface area (Å²) >= 11 is 15.0. The fraction of sp³-hybridized carbons (Fsp3) is 0.143. The number of benzene rings is 2. The van der Waals surface area contributed by atoms with Gasteiger partial charge in [-0.15, -0.1) is 0 Å². The molecule has 0 aliphatic heterocycles. The van der Waals surface area contributed by atoms with Gasteiger partial charge in [0.05, 0.1) is 11.1 Å². The summed E-state index contributed by atoms with van der Waals surface area (Å²) in [5.74, 6) is -0.494. The van der Waals surface area contributed by atoms with E-state index in [1.807, 2.05) is 0 Å². The number of halogens is 4. The van der Waals surface area contributed by atoms with Gasteiger partial charge in [-0.3, -0.25) is 0 Å². The van der Waals surface area contributed by atoms with Crippen molar-refractivity contribution in [2.45, 2.75) is 12.5 Å². The molecule has 0 spiro atoms. The first kappa shape index (κ1) is 14.8. The highest BCUT2D eigenvalue weighted by molar-refractivity contribution is 9.10. The predicted molar refractivity (Wildman–Crippen MR) is 79.2 cm³/mol. The molecule has 2 rings (SSSR count). The van der Waals surface area contributed by atoms with E-state index in [9.17, 15) is 9.50 Å². The number of hydrogen-bond acceptors (Lipinski definition) is 1. The van der Waals surface area contributed by atoms with Crippen molar-refractivity contribution in [1.82, 2.24) is 0 Å². The number of hydrogen-bond donors (Lipinski definition) is 1. The Kier molecular flexibility index (Phi) is 4.85. The highest BCUT2D eigenvalue weighted by Gasteiger charge is 2.13. The summed E-state index contributed by atoms with van der Waals surface area (Å²) in [7, 11) is 0. The van der Waals surface area contributed by atoms with Crippen LogP contribution >= 0.6 is 39.1 Å². The zero-order valence-corrected chi connectivity index (χ0v) is 12.8. The van der Waals surface area contributed by atoms with Crippen LogP contribution in [0, 0.1) is 5.82 Å². The maximum Gasteiger partial charge on any atom is 0.142 e. The Morgan fingerprint density at radius 3 is 2.47 bits per heavy atom. The molecule has 100 valence electrons. The van der Waals surface area contributed by atoms with E-state index in [0.29, 0.717) is 16.1 Å². The van der Waals surface area contributed by atoms with Crippen molar-refractivity contribution in [3.05, 3.63) is 67.9 Å². The van der Waals surface area contributed by atoms with E-state index in [4.69, 9.17) is 23.2 Å². The van der Waals surface area contributed by atoms with E-state index >= 15 is 0 Å². The number of aliphatic hydroxyl groups is 1. The molecule has 0 aliphatic carbocycles. The number of aliphatic hydroxyl groups excluding tert-OH is 1. The zero-order valence-electron chi connectivity index (χ0n) is 9.71. The third-order valence-electron chi connectivity index (χ3n) is 2.73. The van der Waals surface area contributed by atoms with Crippen molar-refractivity contribution in [3.8, 4) is 0 Å². The Bertz CT molecular complexity index is 604. The minimum atomic E-state index is -0.800. The predicted octanol–water partition coefficient (Wildman–Crippen LogP) is 5.17.